The summed E-state index contributed by atoms with van der Waals surface area (Å²) in [6.07, 6.45) is 0.829. The summed E-state index contributed by atoms with van der Waals surface area (Å²) in [5.74, 6) is -2.21. The van der Waals surface area contributed by atoms with Gasteiger partial charge in [0.25, 0.3) is 0 Å². The number of halogens is 2. The van der Waals surface area contributed by atoms with Crippen LogP contribution >= 0.6 is 23.2 Å². The normalized spacial score (nSPS) is 15.8. The van der Waals surface area contributed by atoms with Crippen LogP contribution in [0, 0.1) is 0 Å². The topological polar surface area (TPSA) is 74.7 Å². The van der Waals surface area contributed by atoms with E-state index in [0.717, 1.165) is 4.90 Å². The number of hydrogen-bond donors (Lipinski definition) is 1. The van der Waals surface area contributed by atoms with E-state index in [4.69, 9.17) is 28.3 Å². The van der Waals surface area contributed by atoms with Gasteiger partial charge >= 0.3 is 5.97 Å². The number of anilines is 1. The molecular formula is C12H9Cl2NO4. The molecule has 2 amide bonds. The largest absolute Gasteiger partial charge is 0.478 e. The maximum Gasteiger partial charge on any atom is 0.337 e. The van der Waals surface area contributed by atoms with Crippen LogP contribution in [0.1, 0.15) is 29.6 Å². The lowest BCUT2D eigenvalue weighted by molar-refractivity contribution is -0.129. The average Bonchev–Trinajstić information content (AvgIpc) is 2.30. The van der Waals surface area contributed by atoms with Gasteiger partial charge in [-0.2, -0.15) is 0 Å². The van der Waals surface area contributed by atoms with Gasteiger partial charge in [0.1, 0.15) is 0 Å². The fourth-order valence-electron chi connectivity index (χ4n) is 1.96. The minimum Gasteiger partial charge on any atom is -0.478 e. The number of carboxylic acids is 1. The first-order valence-electron chi connectivity index (χ1n) is 5.50. The molecule has 0 saturated carbocycles. The van der Waals surface area contributed by atoms with Gasteiger partial charge in [-0.15, -0.1) is 0 Å². The van der Waals surface area contributed by atoms with Gasteiger partial charge < -0.3 is 5.11 Å². The number of benzene rings is 1. The van der Waals surface area contributed by atoms with Crippen molar-refractivity contribution >= 4 is 46.7 Å². The Bertz CT molecular complexity index is 569. The van der Waals surface area contributed by atoms with E-state index in [2.05, 4.69) is 0 Å². The number of piperidine rings is 1. The minimum absolute atomic E-state index is 0.0338. The van der Waals surface area contributed by atoms with Crippen molar-refractivity contribution in [1.29, 1.82) is 0 Å². The Hall–Kier alpha value is -1.59. The molecule has 1 heterocycles. The quantitative estimate of drug-likeness (QED) is 0.852. The Morgan fingerprint density at radius 1 is 1.16 bits per heavy atom. The second-order valence-corrected chi connectivity index (χ2v) is 4.91. The van der Waals surface area contributed by atoms with E-state index >= 15 is 0 Å². The molecule has 7 heteroatoms. The molecule has 1 fully saturated rings. The van der Waals surface area contributed by atoms with Gasteiger partial charge in [0, 0.05) is 17.9 Å². The summed E-state index contributed by atoms with van der Waals surface area (Å²) in [4.78, 5) is 35.7. The summed E-state index contributed by atoms with van der Waals surface area (Å²) in [6, 6.07) is 2.47. The Balaban J connectivity index is 2.63. The molecule has 5 nitrogen and oxygen atoms in total. The second kappa shape index (κ2) is 5.19. The Kier molecular flexibility index (Phi) is 3.78. The summed E-state index contributed by atoms with van der Waals surface area (Å²) >= 11 is 11.7. The number of hydrogen-bond acceptors (Lipinski definition) is 3. The van der Waals surface area contributed by atoms with Crippen molar-refractivity contribution in [2.24, 2.45) is 0 Å². The van der Waals surface area contributed by atoms with Crippen LogP contribution in [0.2, 0.25) is 10.0 Å². The highest BCUT2D eigenvalue weighted by molar-refractivity contribution is 6.39. The number of carbonyl (C=O) groups is 3. The number of nitrogens with zero attached hydrogens (tertiary/aromatic N) is 1. The van der Waals surface area contributed by atoms with Gasteiger partial charge in [-0.05, 0) is 18.6 Å². The number of aromatic carboxylic acids is 1. The van der Waals surface area contributed by atoms with Crippen LogP contribution in [-0.2, 0) is 9.59 Å². The zero-order valence-electron chi connectivity index (χ0n) is 9.65. The van der Waals surface area contributed by atoms with Gasteiger partial charge in [0.05, 0.1) is 16.3 Å². The monoisotopic (exact) mass is 301 g/mol. The summed E-state index contributed by atoms with van der Waals surface area (Å²) in [6.45, 7) is 0. The smallest absolute Gasteiger partial charge is 0.337 e. The zero-order chi connectivity index (χ0) is 14.2. The molecule has 1 N–H and O–H groups in total. The van der Waals surface area contributed by atoms with Crippen molar-refractivity contribution in [1.82, 2.24) is 0 Å². The Morgan fingerprint density at radius 3 is 2.26 bits per heavy atom. The molecule has 1 aliphatic rings. The number of amides is 2. The molecule has 19 heavy (non-hydrogen) atoms. The summed E-state index contributed by atoms with van der Waals surface area (Å²) in [5, 5.41) is 9.25. The third-order valence-corrected chi connectivity index (χ3v) is 3.27. The highest BCUT2D eigenvalue weighted by Gasteiger charge is 2.32. The van der Waals surface area contributed by atoms with Crippen molar-refractivity contribution in [2.45, 2.75) is 19.3 Å². The predicted molar refractivity (Wildman–Crippen MR) is 69.8 cm³/mol. The zero-order valence-corrected chi connectivity index (χ0v) is 11.2. The number of imide groups is 1. The third-order valence-electron chi connectivity index (χ3n) is 2.76. The molecule has 0 atom stereocenters. The van der Waals surface area contributed by atoms with Crippen molar-refractivity contribution in [3.8, 4) is 0 Å². The van der Waals surface area contributed by atoms with E-state index in [1.54, 1.807) is 0 Å². The average molecular weight is 302 g/mol. The van der Waals surface area contributed by atoms with E-state index < -0.39 is 17.8 Å². The molecule has 1 aliphatic heterocycles. The van der Waals surface area contributed by atoms with Crippen LogP contribution in [0.3, 0.4) is 0 Å². The highest BCUT2D eigenvalue weighted by atomic mass is 35.5. The van der Waals surface area contributed by atoms with Crippen molar-refractivity contribution in [3.63, 3.8) is 0 Å². The minimum atomic E-state index is -1.30. The molecular weight excluding hydrogens is 293 g/mol. The molecule has 100 valence electrons. The third kappa shape index (κ3) is 2.57. The maximum atomic E-state index is 11.8. The van der Waals surface area contributed by atoms with Crippen molar-refractivity contribution in [3.05, 3.63) is 27.7 Å². The van der Waals surface area contributed by atoms with E-state index in [1.165, 1.54) is 12.1 Å². The predicted octanol–water partition coefficient (Wildman–Crippen LogP) is 2.74. The van der Waals surface area contributed by atoms with Gasteiger partial charge in [0.15, 0.2) is 0 Å². The summed E-state index contributed by atoms with van der Waals surface area (Å²) < 4.78 is 0. The van der Waals surface area contributed by atoms with Gasteiger partial charge in [0.2, 0.25) is 11.8 Å². The van der Waals surface area contributed by atoms with Crippen molar-refractivity contribution in [2.75, 3.05) is 4.90 Å². The molecule has 0 spiro atoms. The maximum absolute atomic E-state index is 11.8. The highest BCUT2D eigenvalue weighted by Crippen LogP contribution is 2.35. The molecule has 1 aromatic carbocycles. The van der Waals surface area contributed by atoms with E-state index in [9.17, 15) is 14.4 Å². The van der Waals surface area contributed by atoms with Crippen LogP contribution in [0.4, 0.5) is 5.69 Å². The summed E-state index contributed by atoms with van der Waals surface area (Å²) in [5.41, 5.74) is -0.366. The molecule has 0 aliphatic carbocycles. The molecule has 1 aromatic rings. The first-order chi connectivity index (χ1) is 8.91. The van der Waals surface area contributed by atoms with E-state index in [0.29, 0.717) is 6.42 Å². The van der Waals surface area contributed by atoms with Crippen LogP contribution in [0.25, 0.3) is 0 Å². The Labute approximate surface area is 118 Å². The fraction of sp³-hybridized carbons (Fsp3) is 0.250. The van der Waals surface area contributed by atoms with Crippen LogP contribution in [-0.4, -0.2) is 22.9 Å². The van der Waals surface area contributed by atoms with E-state index in [-0.39, 0.29) is 34.1 Å². The second-order valence-electron chi connectivity index (χ2n) is 4.07. The fourth-order valence-corrected chi connectivity index (χ4v) is 2.54. The SMILES string of the molecule is O=C(O)c1cc(Cl)cc(Cl)c1N1C(=O)CCCC1=O. The summed E-state index contributed by atoms with van der Waals surface area (Å²) in [7, 11) is 0. The molecule has 0 unspecified atom stereocenters. The van der Waals surface area contributed by atoms with Crippen LogP contribution in [0.15, 0.2) is 12.1 Å². The first kappa shape index (κ1) is 13.8. The lowest BCUT2D eigenvalue weighted by Gasteiger charge is -2.27. The Morgan fingerprint density at radius 2 is 1.74 bits per heavy atom. The number of carboxylic acid groups (broad SMARTS) is 1. The number of carbonyl (C=O) groups excluding carboxylic acids is 2. The van der Waals surface area contributed by atoms with E-state index in [1.807, 2.05) is 0 Å². The number of rotatable bonds is 2. The molecule has 0 aromatic heterocycles. The molecule has 2 rings (SSSR count). The lowest BCUT2D eigenvalue weighted by Crippen LogP contribution is -2.41. The van der Waals surface area contributed by atoms with Gasteiger partial charge in [-0.1, -0.05) is 23.2 Å². The standard InChI is InChI=1S/C12H9Cl2NO4/c13-6-4-7(12(18)19)11(8(14)5-6)15-9(16)2-1-3-10(15)17/h4-5H,1-3H2,(H,18,19). The van der Waals surface area contributed by atoms with Gasteiger partial charge in [-0.3, -0.25) is 9.59 Å². The van der Waals surface area contributed by atoms with Crippen molar-refractivity contribution < 1.29 is 19.5 Å². The lowest BCUT2D eigenvalue weighted by atomic mass is 10.1. The molecule has 0 radical (unpaired) electrons. The molecule has 0 bridgehead atoms. The van der Waals surface area contributed by atoms with Gasteiger partial charge in [-0.25, -0.2) is 9.69 Å². The first-order valence-corrected chi connectivity index (χ1v) is 6.25. The van der Waals surface area contributed by atoms with Crippen LogP contribution in [0.5, 0.6) is 0 Å². The molecule has 1 saturated heterocycles. The van der Waals surface area contributed by atoms with Crippen LogP contribution < -0.4 is 4.90 Å².